The summed E-state index contributed by atoms with van der Waals surface area (Å²) in [6, 6.07) is 11.8. The molecule has 1 spiro atoms. The van der Waals surface area contributed by atoms with Crippen molar-refractivity contribution >= 4 is 16.9 Å². The molecular weight excluding hydrogens is 366 g/mol. The first-order valence-corrected chi connectivity index (χ1v) is 10.5. The molecule has 0 N–H and O–H groups in total. The highest BCUT2D eigenvalue weighted by molar-refractivity contribution is 5.72. The van der Waals surface area contributed by atoms with E-state index in [9.17, 15) is 4.79 Å². The van der Waals surface area contributed by atoms with Crippen molar-refractivity contribution in [2.45, 2.75) is 44.7 Å². The van der Waals surface area contributed by atoms with Crippen molar-refractivity contribution in [2.75, 3.05) is 31.1 Å². The van der Waals surface area contributed by atoms with E-state index in [0.29, 0.717) is 12.1 Å². The number of likely N-dealkylation sites (tertiary alicyclic amines) is 1. The number of piperidine rings is 1. The fourth-order valence-corrected chi connectivity index (χ4v) is 5.07. The van der Waals surface area contributed by atoms with Gasteiger partial charge in [0.1, 0.15) is 0 Å². The summed E-state index contributed by atoms with van der Waals surface area (Å²) in [6.07, 6.45) is 4.72. The van der Waals surface area contributed by atoms with Gasteiger partial charge in [0, 0.05) is 31.7 Å². The molecule has 2 saturated heterocycles. The van der Waals surface area contributed by atoms with Gasteiger partial charge in [-0.25, -0.2) is 4.79 Å². The summed E-state index contributed by atoms with van der Waals surface area (Å²) in [7, 11) is 0. The number of para-hydroxylation sites is 2. The van der Waals surface area contributed by atoms with Crippen molar-refractivity contribution in [3.63, 3.8) is 0 Å². The van der Waals surface area contributed by atoms with Gasteiger partial charge in [0.05, 0.1) is 11.2 Å². The lowest BCUT2D eigenvalue weighted by atomic mass is 9.85. The Labute approximate surface area is 169 Å². The summed E-state index contributed by atoms with van der Waals surface area (Å²) in [6.45, 7) is 6.63. The summed E-state index contributed by atoms with van der Waals surface area (Å²) in [5.41, 5.74) is 2.75. The van der Waals surface area contributed by atoms with Crippen LogP contribution in [-0.4, -0.2) is 51.4 Å². The molecule has 0 bridgehead atoms. The molecule has 3 aromatic rings. The molecular formula is C22H27N5O2. The van der Waals surface area contributed by atoms with Crippen molar-refractivity contribution in [3.05, 3.63) is 52.6 Å². The van der Waals surface area contributed by atoms with Crippen LogP contribution in [0.2, 0.25) is 0 Å². The summed E-state index contributed by atoms with van der Waals surface area (Å²) in [5.74, 6) is 0.721. The van der Waals surface area contributed by atoms with Crippen LogP contribution in [-0.2, 0) is 6.54 Å². The molecule has 0 saturated carbocycles. The van der Waals surface area contributed by atoms with Crippen LogP contribution >= 0.6 is 0 Å². The van der Waals surface area contributed by atoms with Crippen LogP contribution in [0, 0.1) is 6.92 Å². The van der Waals surface area contributed by atoms with E-state index in [-0.39, 0.29) is 11.3 Å². The van der Waals surface area contributed by atoms with Gasteiger partial charge in [-0.3, -0.25) is 9.47 Å². The Bertz CT molecular complexity index is 1050. The quantitative estimate of drug-likeness (QED) is 0.679. The highest BCUT2D eigenvalue weighted by atomic mass is 16.4. The number of oxazole rings is 1. The lowest BCUT2D eigenvalue weighted by molar-refractivity contribution is 0.103. The third-order valence-corrected chi connectivity index (χ3v) is 6.71. The molecule has 0 unspecified atom stereocenters. The van der Waals surface area contributed by atoms with Crippen LogP contribution in [0.25, 0.3) is 11.1 Å². The standard InChI is InChI=1S/C22H27N5O2/c1-17-7-8-20(24-23-17)25-13-10-22(11-14-25)9-4-12-26(22)15-16-27-18-5-2-3-6-19(18)29-21(27)28/h2-3,5-8H,4,9-16H2,1H3. The number of nitrogens with zero attached hydrogens (tertiary/aromatic N) is 5. The molecule has 0 aliphatic carbocycles. The van der Waals surface area contributed by atoms with E-state index in [1.807, 2.05) is 37.3 Å². The Kier molecular flexibility index (Phi) is 4.62. The van der Waals surface area contributed by atoms with Gasteiger partial charge in [-0.15, -0.1) is 5.10 Å². The van der Waals surface area contributed by atoms with Crippen LogP contribution in [0.1, 0.15) is 31.4 Å². The Morgan fingerprint density at radius 3 is 2.62 bits per heavy atom. The van der Waals surface area contributed by atoms with E-state index < -0.39 is 0 Å². The molecule has 0 amide bonds. The third-order valence-electron chi connectivity index (χ3n) is 6.71. The average molecular weight is 393 g/mol. The first-order chi connectivity index (χ1) is 14.1. The van der Waals surface area contributed by atoms with Gasteiger partial charge < -0.3 is 9.32 Å². The largest absolute Gasteiger partial charge is 0.419 e. The minimum atomic E-state index is -0.257. The summed E-state index contributed by atoms with van der Waals surface area (Å²) in [4.78, 5) is 17.3. The molecule has 2 fully saturated rings. The van der Waals surface area contributed by atoms with Gasteiger partial charge in [-0.1, -0.05) is 12.1 Å². The maximum atomic E-state index is 12.3. The minimum absolute atomic E-state index is 0.248. The Balaban J connectivity index is 1.27. The number of hydrogen-bond acceptors (Lipinski definition) is 6. The predicted octanol–water partition coefficient (Wildman–Crippen LogP) is 2.83. The molecule has 0 radical (unpaired) electrons. The molecule has 0 atom stereocenters. The molecule has 1 aromatic carbocycles. The number of rotatable bonds is 4. The van der Waals surface area contributed by atoms with Crippen LogP contribution < -0.4 is 10.7 Å². The average Bonchev–Trinajstić information content (AvgIpc) is 3.27. The zero-order valence-electron chi connectivity index (χ0n) is 16.9. The van der Waals surface area contributed by atoms with Crippen LogP contribution in [0.5, 0.6) is 0 Å². The zero-order chi connectivity index (χ0) is 19.8. The molecule has 7 nitrogen and oxygen atoms in total. The lowest BCUT2D eigenvalue weighted by Crippen LogP contribution is -2.53. The summed E-state index contributed by atoms with van der Waals surface area (Å²) < 4.78 is 7.17. The number of aryl methyl sites for hydroxylation is 1. The van der Waals surface area contributed by atoms with Crippen molar-refractivity contribution in [1.29, 1.82) is 0 Å². The zero-order valence-corrected chi connectivity index (χ0v) is 16.9. The second kappa shape index (κ2) is 7.30. The third kappa shape index (κ3) is 3.33. The van der Waals surface area contributed by atoms with Crippen LogP contribution in [0.3, 0.4) is 0 Å². The molecule has 2 aliphatic rings. The van der Waals surface area contributed by atoms with Gasteiger partial charge in [-0.05, 0) is 63.4 Å². The first-order valence-electron chi connectivity index (χ1n) is 10.5. The smallest absolute Gasteiger partial charge is 0.408 e. The van der Waals surface area contributed by atoms with Crippen molar-refractivity contribution < 1.29 is 4.42 Å². The number of fused-ring (bicyclic) bond motifs is 1. The van der Waals surface area contributed by atoms with Crippen molar-refractivity contribution in [3.8, 4) is 0 Å². The van der Waals surface area contributed by atoms with Crippen LogP contribution in [0.15, 0.2) is 45.6 Å². The van der Waals surface area contributed by atoms with E-state index in [2.05, 4.69) is 26.1 Å². The SMILES string of the molecule is Cc1ccc(N2CCC3(CCCN3CCn3c(=O)oc4ccccc43)CC2)nn1. The van der Waals surface area contributed by atoms with Gasteiger partial charge in [-0.2, -0.15) is 5.10 Å². The van der Waals surface area contributed by atoms with E-state index in [1.165, 1.54) is 12.8 Å². The molecule has 152 valence electrons. The monoisotopic (exact) mass is 393 g/mol. The van der Waals surface area contributed by atoms with E-state index in [4.69, 9.17) is 4.42 Å². The fourth-order valence-electron chi connectivity index (χ4n) is 5.07. The summed E-state index contributed by atoms with van der Waals surface area (Å²) >= 11 is 0. The Hall–Kier alpha value is -2.67. The topological polar surface area (TPSA) is 67.4 Å². The first kappa shape index (κ1) is 18.4. The molecule has 4 heterocycles. The highest BCUT2D eigenvalue weighted by Gasteiger charge is 2.43. The highest BCUT2D eigenvalue weighted by Crippen LogP contribution is 2.39. The fraction of sp³-hybridized carbons (Fsp3) is 0.500. The van der Waals surface area contributed by atoms with E-state index in [0.717, 1.165) is 56.0 Å². The van der Waals surface area contributed by atoms with E-state index >= 15 is 0 Å². The predicted molar refractivity (Wildman–Crippen MR) is 112 cm³/mol. The van der Waals surface area contributed by atoms with Gasteiger partial charge in [0.25, 0.3) is 0 Å². The number of benzene rings is 1. The van der Waals surface area contributed by atoms with Gasteiger partial charge in [0.2, 0.25) is 0 Å². The molecule has 29 heavy (non-hydrogen) atoms. The van der Waals surface area contributed by atoms with Crippen molar-refractivity contribution in [1.82, 2.24) is 19.7 Å². The minimum Gasteiger partial charge on any atom is -0.408 e. The molecule has 7 heteroatoms. The summed E-state index contributed by atoms with van der Waals surface area (Å²) in [5, 5.41) is 8.56. The normalized spacial score (nSPS) is 19.4. The number of anilines is 1. The van der Waals surface area contributed by atoms with Crippen molar-refractivity contribution in [2.24, 2.45) is 0 Å². The lowest BCUT2D eigenvalue weighted by Gasteiger charge is -2.45. The second-order valence-corrected chi connectivity index (χ2v) is 8.32. The van der Waals surface area contributed by atoms with E-state index in [1.54, 1.807) is 4.57 Å². The number of aromatic nitrogens is 3. The molecule has 2 aromatic heterocycles. The molecule has 2 aliphatic heterocycles. The Morgan fingerprint density at radius 2 is 1.83 bits per heavy atom. The molecule has 5 rings (SSSR count). The maximum Gasteiger partial charge on any atom is 0.419 e. The Morgan fingerprint density at radius 1 is 1.00 bits per heavy atom. The maximum absolute atomic E-state index is 12.3. The van der Waals surface area contributed by atoms with Gasteiger partial charge >= 0.3 is 5.76 Å². The number of hydrogen-bond donors (Lipinski definition) is 0. The second-order valence-electron chi connectivity index (χ2n) is 8.32. The van der Waals surface area contributed by atoms with Gasteiger partial charge in [0.15, 0.2) is 11.4 Å². The van der Waals surface area contributed by atoms with Crippen LogP contribution in [0.4, 0.5) is 5.82 Å².